The minimum Gasteiger partial charge on any atom is -0.341 e. The zero-order valence-corrected chi connectivity index (χ0v) is 14.2. The van der Waals surface area contributed by atoms with Gasteiger partial charge in [-0.1, -0.05) is 43.7 Å². The van der Waals surface area contributed by atoms with Crippen LogP contribution in [0.25, 0.3) is 0 Å². The van der Waals surface area contributed by atoms with Crippen molar-refractivity contribution < 1.29 is 13.2 Å². The van der Waals surface area contributed by atoms with Crippen LogP contribution in [-0.2, 0) is 21.2 Å². The Hall–Kier alpha value is -1.40. The molecule has 0 unspecified atom stereocenters. The van der Waals surface area contributed by atoms with Crippen molar-refractivity contribution in [1.29, 1.82) is 0 Å². The first-order chi connectivity index (χ1) is 10.4. The first-order valence-corrected chi connectivity index (χ1v) is 9.36. The molecule has 0 bridgehead atoms. The van der Waals surface area contributed by atoms with E-state index in [1.165, 1.54) is 6.92 Å². The molecule has 0 fully saturated rings. The fourth-order valence-electron chi connectivity index (χ4n) is 2.08. The lowest BCUT2D eigenvalue weighted by Crippen LogP contribution is -2.39. The summed E-state index contributed by atoms with van der Waals surface area (Å²) in [5.74, 6) is 0.108. The summed E-state index contributed by atoms with van der Waals surface area (Å²) in [6.07, 6.45) is 2.26. The molecule has 0 saturated carbocycles. The summed E-state index contributed by atoms with van der Waals surface area (Å²) in [5.41, 5.74) is 1.16. The number of benzene rings is 1. The summed E-state index contributed by atoms with van der Waals surface area (Å²) in [5, 5.41) is 0. The number of hydrogen-bond acceptors (Lipinski definition) is 3. The Morgan fingerprint density at radius 2 is 1.86 bits per heavy atom. The minimum atomic E-state index is -3.22. The first-order valence-electron chi connectivity index (χ1n) is 7.71. The highest BCUT2D eigenvalue weighted by Gasteiger charge is 2.12. The Bertz CT molecular complexity index is 544. The van der Waals surface area contributed by atoms with Crippen molar-refractivity contribution in [3.05, 3.63) is 35.9 Å². The van der Waals surface area contributed by atoms with Gasteiger partial charge in [-0.15, -0.1) is 0 Å². The Morgan fingerprint density at radius 3 is 2.45 bits per heavy atom. The monoisotopic (exact) mass is 326 g/mol. The van der Waals surface area contributed by atoms with Crippen LogP contribution in [0.5, 0.6) is 0 Å². The molecule has 1 aromatic carbocycles. The molecule has 1 rings (SSSR count). The Balaban J connectivity index is 2.40. The summed E-state index contributed by atoms with van der Waals surface area (Å²) in [6, 6.07) is 9.93. The second kappa shape index (κ2) is 9.58. The van der Waals surface area contributed by atoms with Crippen LogP contribution in [0.15, 0.2) is 30.3 Å². The van der Waals surface area contributed by atoms with E-state index < -0.39 is 10.0 Å². The molecular formula is C16H26N2O3S. The molecule has 0 aliphatic heterocycles. The summed E-state index contributed by atoms with van der Waals surface area (Å²) >= 11 is 0. The van der Waals surface area contributed by atoms with Gasteiger partial charge in [0.2, 0.25) is 15.9 Å². The van der Waals surface area contributed by atoms with Crippen LogP contribution in [-0.4, -0.2) is 44.6 Å². The number of carbonyl (C=O) groups excluding carboxylic acids is 1. The summed E-state index contributed by atoms with van der Waals surface area (Å²) in [7, 11) is -3.22. The fourth-order valence-corrected chi connectivity index (χ4v) is 3.29. The lowest BCUT2D eigenvalue weighted by atomic mass is 10.1. The molecule has 0 aliphatic rings. The van der Waals surface area contributed by atoms with Crippen molar-refractivity contribution in [3.63, 3.8) is 0 Å². The van der Waals surface area contributed by atoms with E-state index in [-0.39, 0.29) is 18.2 Å². The van der Waals surface area contributed by atoms with Crippen LogP contribution >= 0.6 is 0 Å². The molecule has 0 aliphatic carbocycles. The van der Waals surface area contributed by atoms with E-state index in [1.54, 1.807) is 4.90 Å². The minimum absolute atomic E-state index is 0.0383. The first kappa shape index (κ1) is 18.6. The van der Waals surface area contributed by atoms with E-state index in [9.17, 15) is 13.2 Å². The van der Waals surface area contributed by atoms with Crippen molar-refractivity contribution in [2.75, 3.05) is 25.4 Å². The second-order valence-corrected chi connectivity index (χ2v) is 7.23. The topological polar surface area (TPSA) is 66.5 Å². The Kier molecular flexibility index (Phi) is 8.12. The number of amides is 1. The number of hydrogen-bond donors (Lipinski definition) is 1. The normalized spacial score (nSPS) is 11.4. The largest absolute Gasteiger partial charge is 0.341 e. The molecule has 0 spiro atoms. The number of rotatable bonds is 10. The van der Waals surface area contributed by atoms with Crippen LogP contribution in [0.1, 0.15) is 32.3 Å². The lowest BCUT2D eigenvalue weighted by molar-refractivity contribution is -0.128. The molecule has 5 nitrogen and oxygen atoms in total. The van der Waals surface area contributed by atoms with Crippen molar-refractivity contribution in [2.24, 2.45) is 0 Å². The third-order valence-corrected chi connectivity index (χ3v) is 4.90. The second-order valence-electron chi connectivity index (χ2n) is 5.31. The van der Waals surface area contributed by atoms with Crippen LogP contribution in [0.4, 0.5) is 0 Å². The van der Waals surface area contributed by atoms with Gasteiger partial charge in [0.25, 0.3) is 0 Å². The smallest absolute Gasteiger partial charge is 0.219 e. The molecule has 1 aromatic rings. The highest BCUT2D eigenvalue weighted by molar-refractivity contribution is 7.89. The standard InChI is InChI=1S/C16H26N2O3S/c1-3-4-14-22(20,21)17-11-13-18(15(2)19)12-10-16-8-6-5-7-9-16/h5-9,17H,3-4,10-14H2,1-2H3. The average molecular weight is 326 g/mol. The van der Waals surface area contributed by atoms with Gasteiger partial charge in [0, 0.05) is 26.6 Å². The van der Waals surface area contributed by atoms with Crippen molar-refractivity contribution in [2.45, 2.75) is 33.1 Å². The van der Waals surface area contributed by atoms with Crippen LogP contribution in [0.2, 0.25) is 0 Å². The highest BCUT2D eigenvalue weighted by Crippen LogP contribution is 2.02. The maximum atomic E-state index is 11.7. The predicted octanol–water partition coefficient (Wildman–Crippen LogP) is 1.80. The fraction of sp³-hybridized carbons (Fsp3) is 0.562. The van der Waals surface area contributed by atoms with Crippen LogP contribution in [0.3, 0.4) is 0 Å². The van der Waals surface area contributed by atoms with Gasteiger partial charge < -0.3 is 4.90 Å². The van der Waals surface area contributed by atoms with Crippen LogP contribution < -0.4 is 4.72 Å². The zero-order chi connectivity index (χ0) is 16.4. The average Bonchev–Trinajstić information content (AvgIpc) is 2.49. The molecule has 0 atom stereocenters. The molecule has 1 N–H and O–H groups in total. The molecule has 0 heterocycles. The number of carbonyl (C=O) groups is 1. The van der Waals surface area contributed by atoms with Gasteiger partial charge >= 0.3 is 0 Å². The lowest BCUT2D eigenvalue weighted by Gasteiger charge is -2.21. The van der Waals surface area contributed by atoms with Gasteiger partial charge in [-0.25, -0.2) is 13.1 Å². The predicted molar refractivity (Wildman–Crippen MR) is 89.1 cm³/mol. The molecule has 1 amide bonds. The summed E-state index contributed by atoms with van der Waals surface area (Å²) in [6.45, 7) is 4.72. The Labute approximate surface area is 133 Å². The molecule has 124 valence electrons. The number of sulfonamides is 1. The van der Waals surface area contributed by atoms with E-state index in [4.69, 9.17) is 0 Å². The molecular weight excluding hydrogens is 300 g/mol. The van der Waals surface area contributed by atoms with Crippen molar-refractivity contribution in [1.82, 2.24) is 9.62 Å². The van der Waals surface area contributed by atoms with E-state index in [0.29, 0.717) is 19.5 Å². The number of unbranched alkanes of at least 4 members (excludes halogenated alkanes) is 1. The maximum absolute atomic E-state index is 11.7. The van der Waals surface area contributed by atoms with Gasteiger partial charge in [0.1, 0.15) is 0 Å². The zero-order valence-electron chi connectivity index (χ0n) is 13.4. The highest BCUT2D eigenvalue weighted by atomic mass is 32.2. The molecule has 6 heteroatoms. The molecule has 0 radical (unpaired) electrons. The van der Waals surface area contributed by atoms with E-state index >= 15 is 0 Å². The van der Waals surface area contributed by atoms with Crippen LogP contribution in [0, 0.1) is 0 Å². The van der Waals surface area contributed by atoms with Crippen molar-refractivity contribution >= 4 is 15.9 Å². The van der Waals surface area contributed by atoms with Gasteiger partial charge in [-0.05, 0) is 18.4 Å². The van der Waals surface area contributed by atoms with Gasteiger partial charge in [0.05, 0.1) is 5.75 Å². The quantitative estimate of drug-likeness (QED) is 0.713. The molecule has 22 heavy (non-hydrogen) atoms. The third-order valence-electron chi connectivity index (χ3n) is 3.43. The summed E-state index contributed by atoms with van der Waals surface area (Å²) in [4.78, 5) is 13.3. The van der Waals surface area contributed by atoms with E-state index in [2.05, 4.69) is 4.72 Å². The van der Waals surface area contributed by atoms with Gasteiger partial charge in [0.15, 0.2) is 0 Å². The third kappa shape index (κ3) is 7.56. The summed E-state index contributed by atoms with van der Waals surface area (Å²) < 4.78 is 26.0. The maximum Gasteiger partial charge on any atom is 0.219 e. The number of nitrogens with zero attached hydrogens (tertiary/aromatic N) is 1. The Morgan fingerprint density at radius 1 is 1.18 bits per heavy atom. The van der Waals surface area contributed by atoms with Crippen molar-refractivity contribution in [3.8, 4) is 0 Å². The van der Waals surface area contributed by atoms with E-state index in [1.807, 2.05) is 37.3 Å². The van der Waals surface area contributed by atoms with Gasteiger partial charge in [-0.3, -0.25) is 4.79 Å². The van der Waals surface area contributed by atoms with E-state index in [0.717, 1.165) is 18.4 Å². The molecule has 0 aromatic heterocycles. The molecule has 0 saturated heterocycles. The van der Waals surface area contributed by atoms with Gasteiger partial charge in [-0.2, -0.15) is 0 Å². The number of nitrogens with one attached hydrogen (secondary N) is 1. The SMILES string of the molecule is CCCCS(=O)(=O)NCCN(CCc1ccccc1)C(C)=O.